The fourth-order valence-corrected chi connectivity index (χ4v) is 1.87. The number of aromatic nitrogens is 4. The molecule has 0 fully saturated rings. The minimum atomic E-state index is -0.469. The van der Waals surface area contributed by atoms with Crippen molar-refractivity contribution in [2.24, 2.45) is 0 Å². The summed E-state index contributed by atoms with van der Waals surface area (Å²) < 4.78 is 6.11. The first kappa shape index (κ1) is 12.3. The van der Waals surface area contributed by atoms with Crippen LogP contribution in [0.4, 0.5) is 0 Å². The molecule has 0 N–H and O–H groups in total. The molecule has 0 aliphatic carbocycles. The number of carbonyl (C=O) groups is 1. The first-order chi connectivity index (χ1) is 8.67. The van der Waals surface area contributed by atoms with Crippen LogP contribution in [0.2, 0.25) is 0 Å². The van der Waals surface area contributed by atoms with Gasteiger partial charge in [-0.25, -0.2) is 9.78 Å². The van der Waals surface area contributed by atoms with Crippen molar-refractivity contribution >= 4 is 23.5 Å². The SMILES string of the molecule is COC(=O)c1cnc2nc(SCC#N)nn2c1C. The maximum Gasteiger partial charge on any atom is 0.341 e. The molecule has 0 unspecified atom stereocenters. The van der Waals surface area contributed by atoms with Gasteiger partial charge in [-0.3, -0.25) is 0 Å². The molecule has 92 valence electrons. The number of esters is 1. The van der Waals surface area contributed by atoms with Crippen molar-refractivity contribution in [3.63, 3.8) is 0 Å². The Morgan fingerprint density at radius 2 is 2.44 bits per heavy atom. The van der Waals surface area contributed by atoms with Crippen LogP contribution in [0.25, 0.3) is 5.78 Å². The van der Waals surface area contributed by atoms with Crippen molar-refractivity contribution in [3.05, 3.63) is 17.5 Å². The van der Waals surface area contributed by atoms with Crippen LogP contribution in [-0.2, 0) is 4.74 Å². The summed E-state index contributed by atoms with van der Waals surface area (Å²) >= 11 is 1.21. The highest BCUT2D eigenvalue weighted by Gasteiger charge is 2.15. The zero-order chi connectivity index (χ0) is 13.1. The van der Waals surface area contributed by atoms with Gasteiger partial charge in [0.2, 0.25) is 5.16 Å². The zero-order valence-electron chi connectivity index (χ0n) is 9.75. The lowest BCUT2D eigenvalue weighted by Gasteiger charge is -2.03. The first-order valence-corrected chi connectivity index (χ1v) is 5.96. The van der Waals surface area contributed by atoms with Gasteiger partial charge in [0.1, 0.15) is 0 Å². The van der Waals surface area contributed by atoms with Crippen molar-refractivity contribution in [2.45, 2.75) is 12.1 Å². The van der Waals surface area contributed by atoms with Crippen LogP contribution in [0.1, 0.15) is 16.1 Å². The van der Waals surface area contributed by atoms with E-state index in [4.69, 9.17) is 5.26 Å². The summed E-state index contributed by atoms with van der Waals surface area (Å²) in [5, 5.41) is 13.1. The van der Waals surface area contributed by atoms with Crippen molar-refractivity contribution in [1.29, 1.82) is 5.26 Å². The monoisotopic (exact) mass is 263 g/mol. The van der Waals surface area contributed by atoms with E-state index >= 15 is 0 Å². The zero-order valence-corrected chi connectivity index (χ0v) is 10.6. The van der Waals surface area contributed by atoms with Gasteiger partial charge in [0.15, 0.2) is 0 Å². The smallest absolute Gasteiger partial charge is 0.341 e. The number of ether oxygens (including phenoxy) is 1. The average Bonchev–Trinajstić information content (AvgIpc) is 2.80. The molecular formula is C10H9N5O2S. The molecule has 0 amide bonds. The Kier molecular flexibility index (Phi) is 3.43. The fraction of sp³-hybridized carbons (Fsp3) is 0.300. The number of hydrogen-bond acceptors (Lipinski definition) is 7. The summed E-state index contributed by atoms with van der Waals surface area (Å²) in [4.78, 5) is 19.7. The van der Waals surface area contributed by atoms with Crippen LogP contribution in [0.5, 0.6) is 0 Å². The van der Waals surface area contributed by atoms with Crippen molar-refractivity contribution in [3.8, 4) is 6.07 Å². The third kappa shape index (κ3) is 2.12. The topological polar surface area (TPSA) is 93.2 Å². The van der Waals surface area contributed by atoms with Crippen LogP contribution < -0.4 is 0 Å². The van der Waals surface area contributed by atoms with Crippen molar-refractivity contribution in [1.82, 2.24) is 19.6 Å². The highest BCUT2D eigenvalue weighted by molar-refractivity contribution is 7.99. The molecule has 2 aromatic rings. The number of carbonyl (C=O) groups excluding carboxylic acids is 1. The second-order valence-electron chi connectivity index (χ2n) is 3.30. The molecule has 0 aliphatic rings. The second-order valence-corrected chi connectivity index (χ2v) is 4.24. The number of nitrogens with zero attached hydrogens (tertiary/aromatic N) is 5. The maximum absolute atomic E-state index is 11.5. The van der Waals surface area contributed by atoms with Crippen LogP contribution >= 0.6 is 11.8 Å². The number of methoxy groups -OCH3 is 1. The second kappa shape index (κ2) is 5.01. The summed E-state index contributed by atoms with van der Waals surface area (Å²) in [5.41, 5.74) is 0.940. The van der Waals surface area contributed by atoms with Gasteiger partial charge in [0, 0.05) is 6.20 Å². The van der Waals surface area contributed by atoms with Crippen LogP contribution in [0, 0.1) is 18.3 Å². The van der Waals surface area contributed by atoms with Gasteiger partial charge in [-0.15, -0.1) is 5.10 Å². The summed E-state index contributed by atoms with van der Waals surface area (Å²) in [5.74, 6) is 0.184. The molecule has 2 heterocycles. The Bertz CT molecular complexity index is 645. The van der Waals surface area contributed by atoms with Gasteiger partial charge in [0.25, 0.3) is 5.78 Å². The van der Waals surface area contributed by atoms with Gasteiger partial charge in [-0.1, -0.05) is 11.8 Å². The normalized spacial score (nSPS) is 10.3. The molecule has 0 atom stereocenters. The first-order valence-electron chi connectivity index (χ1n) is 4.97. The molecule has 0 aromatic carbocycles. The van der Waals surface area contributed by atoms with E-state index in [9.17, 15) is 4.79 Å². The van der Waals surface area contributed by atoms with Gasteiger partial charge in [-0.2, -0.15) is 14.8 Å². The van der Waals surface area contributed by atoms with Gasteiger partial charge < -0.3 is 4.74 Å². The molecule has 8 heteroatoms. The van der Waals surface area contributed by atoms with E-state index in [2.05, 4.69) is 19.8 Å². The molecule has 0 spiro atoms. The highest BCUT2D eigenvalue weighted by atomic mass is 32.2. The molecule has 0 saturated carbocycles. The third-order valence-electron chi connectivity index (χ3n) is 2.26. The van der Waals surface area contributed by atoms with Gasteiger partial charge in [0.05, 0.1) is 30.2 Å². The number of hydrogen-bond donors (Lipinski definition) is 0. The lowest BCUT2D eigenvalue weighted by molar-refractivity contribution is 0.0598. The Hall–Kier alpha value is -2.14. The molecule has 0 aliphatic heterocycles. The van der Waals surface area contributed by atoms with Crippen LogP contribution in [0.15, 0.2) is 11.4 Å². The lowest BCUT2D eigenvalue weighted by Crippen LogP contribution is -2.09. The van der Waals surface area contributed by atoms with Crippen molar-refractivity contribution in [2.75, 3.05) is 12.9 Å². The fourth-order valence-electron chi connectivity index (χ4n) is 1.39. The summed E-state index contributed by atoms with van der Waals surface area (Å²) in [6, 6.07) is 1.99. The molecule has 2 aromatic heterocycles. The molecule has 0 radical (unpaired) electrons. The van der Waals surface area contributed by atoms with Crippen molar-refractivity contribution < 1.29 is 9.53 Å². The minimum Gasteiger partial charge on any atom is -0.465 e. The van der Waals surface area contributed by atoms with E-state index in [1.807, 2.05) is 6.07 Å². The average molecular weight is 263 g/mol. The summed E-state index contributed by atoms with van der Waals surface area (Å²) in [6.07, 6.45) is 1.41. The van der Waals surface area contributed by atoms with E-state index in [1.165, 1.54) is 29.6 Å². The van der Waals surface area contributed by atoms with Crippen LogP contribution in [-0.4, -0.2) is 38.4 Å². The van der Waals surface area contributed by atoms with E-state index in [0.29, 0.717) is 22.2 Å². The van der Waals surface area contributed by atoms with Gasteiger partial charge >= 0.3 is 5.97 Å². The van der Waals surface area contributed by atoms with E-state index in [0.717, 1.165) is 0 Å². The van der Waals surface area contributed by atoms with E-state index in [-0.39, 0.29) is 5.75 Å². The van der Waals surface area contributed by atoms with E-state index < -0.39 is 5.97 Å². The predicted octanol–water partition coefficient (Wildman–Crippen LogP) is 0.835. The maximum atomic E-state index is 11.5. The van der Waals surface area contributed by atoms with E-state index in [1.54, 1.807) is 6.92 Å². The molecule has 0 saturated heterocycles. The lowest BCUT2D eigenvalue weighted by atomic mass is 10.2. The Balaban J connectivity index is 2.47. The summed E-state index contributed by atoms with van der Waals surface area (Å²) in [6.45, 7) is 1.73. The molecule has 7 nitrogen and oxygen atoms in total. The largest absolute Gasteiger partial charge is 0.465 e. The number of thioether (sulfide) groups is 1. The Morgan fingerprint density at radius 3 is 3.11 bits per heavy atom. The molecule has 2 rings (SSSR count). The van der Waals surface area contributed by atoms with Gasteiger partial charge in [-0.05, 0) is 6.92 Å². The molecule has 0 bridgehead atoms. The number of aryl methyl sites for hydroxylation is 1. The molecule has 18 heavy (non-hydrogen) atoms. The van der Waals surface area contributed by atoms with Crippen LogP contribution in [0.3, 0.4) is 0 Å². The Labute approximate surface area is 107 Å². The standard InChI is InChI=1S/C10H9N5O2S/c1-6-7(8(16)17-2)5-12-9-13-10(14-15(6)9)18-4-3-11/h5H,4H2,1-2H3. The third-order valence-corrected chi connectivity index (χ3v) is 2.96. The quantitative estimate of drug-likeness (QED) is 0.598. The molecular weight excluding hydrogens is 254 g/mol. The number of fused-ring (bicyclic) bond motifs is 1. The Morgan fingerprint density at radius 1 is 1.67 bits per heavy atom. The predicted molar refractivity (Wildman–Crippen MR) is 63.2 cm³/mol. The number of nitriles is 1. The summed E-state index contributed by atoms with van der Waals surface area (Å²) in [7, 11) is 1.31. The number of rotatable bonds is 3. The highest BCUT2D eigenvalue weighted by Crippen LogP contribution is 2.15. The minimum absolute atomic E-state index is 0.264.